The zero-order valence-electron chi connectivity index (χ0n) is 15.0. The van der Waals surface area contributed by atoms with Crippen molar-refractivity contribution in [1.82, 2.24) is 9.62 Å². The minimum Gasteiger partial charge on any atom is -0.481 e. The topological polar surface area (TPSA) is 86.7 Å². The second-order valence-corrected chi connectivity index (χ2v) is 8.73. The maximum Gasteiger partial charge on any atom is 0.305 e. The molecule has 140 valence electrons. The summed E-state index contributed by atoms with van der Waals surface area (Å²) in [5.74, 6) is -0.996. The van der Waals surface area contributed by atoms with Gasteiger partial charge in [0.05, 0.1) is 16.9 Å². The number of aliphatic carboxylic acids is 1. The van der Waals surface area contributed by atoms with Gasteiger partial charge in [-0.25, -0.2) is 13.1 Å². The van der Waals surface area contributed by atoms with Crippen LogP contribution in [0.25, 0.3) is 0 Å². The average Bonchev–Trinajstić information content (AvgIpc) is 2.87. The highest BCUT2D eigenvalue weighted by Crippen LogP contribution is 2.26. The number of sulfonamides is 1. The molecular formula is C18H28N2O4S. The predicted octanol–water partition coefficient (Wildman–Crippen LogP) is 2.25. The maximum absolute atomic E-state index is 12.7. The van der Waals surface area contributed by atoms with Crippen LogP contribution in [0.15, 0.2) is 29.2 Å². The van der Waals surface area contributed by atoms with Crippen LogP contribution in [0, 0.1) is 0 Å². The van der Waals surface area contributed by atoms with Gasteiger partial charge in [0.2, 0.25) is 10.0 Å². The summed E-state index contributed by atoms with van der Waals surface area (Å²) in [6.45, 7) is 3.22. The normalized spacial score (nSPS) is 21.5. The fraction of sp³-hybridized carbons (Fsp3) is 0.611. The lowest BCUT2D eigenvalue weighted by Gasteiger charge is -2.28. The van der Waals surface area contributed by atoms with Gasteiger partial charge in [-0.1, -0.05) is 31.9 Å². The van der Waals surface area contributed by atoms with Crippen LogP contribution in [0.3, 0.4) is 0 Å². The predicted molar refractivity (Wildman–Crippen MR) is 97.1 cm³/mol. The fourth-order valence-corrected chi connectivity index (χ4v) is 4.81. The summed E-state index contributed by atoms with van der Waals surface area (Å²) in [6.07, 6.45) is 4.61. The van der Waals surface area contributed by atoms with E-state index < -0.39 is 21.5 Å². The summed E-state index contributed by atoms with van der Waals surface area (Å²) in [7, 11) is -1.89. The number of aryl methyl sites for hydroxylation is 1. The van der Waals surface area contributed by atoms with Gasteiger partial charge in [0.25, 0.3) is 0 Å². The number of nitrogens with one attached hydrogen (secondary N) is 1. The summed E-state index contributed by atoms with van der Waals surface area (Å²) >= 11 is 0. The summed E-state index contributed by atoms with van der Waals surface area (Å²) in [5.41, 5.74) is 0.174. The molecule has 1 saturated heterocycles. The molecule has 1 aliphatic heterocycles. The van der Waals surface area contributed by atoms with Crippen LogP contribution >= 0.6 is 0 Å². The van der Waals surface area contributed by atoms with Gasteiger partial charge in [0, 0.05) is 6.54 Å². The second kappa shape index (κ2) is 8.29. The molecular weight excluding hydrogens is 340 g/mol. The van der Waals surface area contributed by atoms with Gasteiger partial charge in [-0.05, 0) is 50.6 Å². The number of nitrogens with zero attached hydrogens (tertiary/aromatic N) is 1. The first-order valence-corrected chi connectivity index (χ1v) is 10.3. The molecule has 1 aromatic rings. The van der Waals surface area contributed by atoms with Gasteiger partial charge in [-0.15, -0.1) is 0 Å². The molecule has 1 atom stereocenters. The first-order chi connectivity index (χ1) is 11.8. The first-order valence-electron chi connectivity index (χ1n) is 8.80. The number of unbranched alkanes of at least 4 members (excludes halogenated alkanes) is 2. The smallest absolute Gasteiger partial charge is 0.305 e. The molecule has 1 aromatic carbocycles. The molecule has 0 saturated carbocycles. The summed E-state index contributed by atoms with van der Waals surface area (Å²) in [5, 5.41) is 9.18. The second-order valence-electron chi connectivity index (χ2n) is 7.05. The van der Waals surface area contributed by atoms with Crippen molar-refractivity contribution in [3.8, 4) is 0 Å². The summed E-state index contributed by atoms with van der Waals surface area (Å²) in [4.78, 5) is 13.3. The minimum absolute atomic E-state index is 0.186. The molecule has 1 fully saturated rings. The molecule has 0 aliphatic carbocycles. The van der Waals surface area contributed by atoms with E-state index in [0.29, 0.717) is 19.5 Å². The Balaban J connectivity index is 2.12. The molecule has 1 unspecified atom stereocenters. The van der Waals surface area contributed by atoms with Crippen molar-refractivity contribution in [2.45, 2.75) is 55.9 Å². The number of benzene rings is 1. The largest absolute Gasteiger partial charge is 0.481 e. The van der Waals surface area contributed by atoms with E-state index >= 15 is 0 Å². The van der Waals surface area contributed by atoms with E-state index in [-0.39, 0.29) is 11.3 Å². The lowest BCUT2D eigenvalue weighted by Crippen LogP contribution is -2.51. The van der Waals surface area contributed by atoms with Crippen LogP contribution < -0.4 is 4.72 Å². The van der Waals surface area contributed by atoms with Crippen LogP contribution in [-0.2, 0) is 21.2 Å². The molecule has 2 rings (SSSR count). The Labute approximate surface area is 150 Å². The van der Waals surface area contributed by atoms with Crippen LogP contribution in [0.5, 0.6) is 0 Å². The van der Waals surface area contributed by atoms with Gasteiger partial charge in [0.15, 0.2) is 0 Å². The number of rotatable bonds is 9. The Bertz CT molecular complexity index is 688. The number of likely N-dealkylation sites (tertiary alicyclic amines) is 1. The third-order valence-electron chi connectivity index (χ3n) is 4.69. The van der Waals surface area contributed by atoms with Gasteiger partial charge < -0.3 is 10.0 Å². The third-order valence-corrected chi connectivity index (χ3v) is 6.28. The van der Waals surface area contributed by atoms with Crippen LogP contribution in [-0.4, -0.2) is 50.1 Å². The summed E-state index contributed by atoms with van der Waals surface area (Å²) < 4.78 is 28.1. The van der Waals surface area contributed by atoms with E-state index in [1.165, 1.54) is 0 Å². The molecule has 0 spiro atoms. The van der Waals surface area contributed by atoms with E-state index in [4.69, 9.17) is 0 Å². The summed E-state index contributed by atoms with van der Waals surface area (Å²) in [6, 6.07) is 6.90. The molecule has 0 amide bonds. The Morgan fingerprint density at radius 3 is 2.48 bits per heavy atom. The molecule has 6 nitrogen and oxygen atoms in total. The Morgan fingerprint density at radius 2 is 1.96 bits per heavy atom. The zero-order chi connectivity index (χ0) is 18.5. The SMILES string of the molecule is CCCCCc1ccc(S(=O)(=O)NC2(CC(=O)O)CCN(C)C2)cc1. The maximum atomic E-state index is 12.7. The minimum atomic E-state index is -3.75. The quantitative estimate of drug-likeness (QED) is 0.653. The van der Waals surface area contributed by atoms with Gasteiger partial charge in [-0.2, -0.15) is 0 Å². The highest BCUT2D eigenvalue weighted by Gasteiger charge is 2.42. The monoisotopic (exact) mass is 368 g/mol. The Hall–Kier alpha value is -1.44. The van der Waals surface area contributed by atoms with Crippen molar-refractivity contribution in [1.29, 1.82) is 0 Å². The van der Waals surface area contributed by atoms with E-state index in [0.717, 1.165) is 31.2 Å². The number of likely N-dealkylation sites (N-methyl/N-ethyl adjacent to an activating group) is 1. The van der Waals surface area contributed by atoms with Crippen molar-refractivity contribution in [2.24, 2.45) is 0 Å². The van der Waals surface area contributed by atoms with E-state index in [9.17, 15) is 18.3 Å². The van der Waals surface area contributed by atoms with Crippen molar-refractivity contribution in [3.63, 3.8) is 0 Å². The number of carboxylic acid groups (broad SMARTS) is 1. The number of carboxylic acids is 1. The van der Waals surface area contributed by atoms with E-state index in [2.05, 4.69) is 11.6 Å². The van der Waals surface area contributed by atoms with Crippen molar-refractivity contribution >= 4 is 16.0 Å². The van der Waals surface area contributed by atoms with E-state index in [1.807, 2.05) is 24.1 Å². The van der Waals surface area contributed by atoms with Gasteiger partial charge >= 0.3 is 5.97 Å². The molecule has 1 heterocycles. The standard InChI is InChI=1S/C18H28N2O4S/c1-3-4-5-6-15-7-9-16(10-8-15)25(23,24)19-18(13-17(21)22)11-12-20(2)14-18/h7-10,19H,3-6,11-14H2,1-2H3,(H,21,22). The third kappa shape index (κ3) is 5.52. The van der Waals surface area contributed by atoms with Gasteiger partial charge in [-0.3, -0.25) is 4.79 Å². The van der Waals surface area contributed by atoms with E-state index in [1.54, 1.807) is 12.1 Å². The fourth-order valence-electron chi connectivity index (χ4n) is 3.39. The lowest BCUT2D eigenvalue weighted by atomic mass is 9.96. The van der Waals surface area contributed by atoms with Crippen LogP contribution in [0.4, 0.5) is 0 Å². The molecule has 25 heavy (non-hydrogen) atoms. The molecule has 7 heteroatoms. The average molecular weight is 368 g/mol. The van der Waals surface area contributed by atoms with Crippen molar-refractivity contribution in [3.05, 3.63) is 29.8 Å². The first kappa shape index (κ1) is 19.9. The van der Waals surface area contributed by atoms with Gasteiger partial charge in [0.1, 0.15) is 0 Å². The number of hydrogen-bond donors (Lipinski definition) is 2. The number of carbonyl (C=O) groups is 1. The molecule has 0 radical (unpaired) electrons. The van der Waals surface area contributed by atoms with Crippen LogP contribution in [0.1, 0.15) is 44.6 Å². The van der Waals surface area contributed by atoms with Crippen molar-refractivity contribution < 1.29 is 18.3 Å². The van der Waals surface area contributed by atoms with Crippen molar-refractivity contribution in [2.75, 3.05) is 20.1 Å². The highest BCUT2D eigenvalue weighted by atomic mass is 32.2. The lowest BCUT2D eigenvalue weighted by molar-refractivity contribution is -0.138. The zero-order valence-corrected chi connectivity index (χ0v) is 15.8. The molecule has 0 bridgehead atoms. The molecule has 1 aliphatic rings. The van der Waals surface area contributed by atoms with Crippen LogP contribution in [0.2, 0.25) is 0 Å². The highest BCUT2D eigenvalue weighted by molar-refractivity contribution is 7.89. The Kier molecular flexibility index (Phi) is 6.59. The number of hydrogen-bond acceptors (Lipinski definition) is 4. The molecule has 0 aromatic heterocycles. The molecule has 2 N–H and O–H groups in total. The Morgan fingerprint density at radius 1 is 1.28 bits per heavy atom.